The van der Waals surface area contributed by atoms with Crippen LogP contribution in [-0.4, -0.2) is 44.9 Å². The van der Waals surface area contributed by atoms with Gasteiger partial charge in [0.2, 0.25) is 15.9 Å². The number of hydrogen-bond donors (Lipinski definition) is 1. The lowest BCUT2D eigenvalue weighted by atomic mass is 10.1. The minimum atomic E-state index is -3.57. The Balaban J connectivity index is 2.23. The quantitative estimate of drug-likeness (QED) is 0.851. The van der Waals surface area contributed by atoms with Gasteiger partial charge in [0, 0.05) is 24.7 Å². The fourth-order valence-corrected chi connectivity index (χ4v) is 4.09. The highest BCUT2D eigenvalue weighted by Crippen LogP contribution is 2.24. The van der Waals surface area contributed by atoms with Gasteiger partial charge in [0.1, 0.15) is 0 Å². The van der Waals surface area contributed by atoms with Gasteiger partial charge in [-0.3, -0.25) is 4.79 Å². The molecule has 1 aliphatic rings. The van der Waals surface area contributed by atoms with Crippen LogP contribution in [0.4, 0.5) is 5.69 Å². The minimum Gasteiger partial charge on any atom is -0.379 e. The Labute approximate surface area is 144 Å². The molecule has 1 saturated heterocycles. The van der Waals surface area contributed by atoms with Gasteiger partial charge in [-0.05, 0) is 31.0 Å². The maximum atomic E-state index is 12.7. The molecule has 0 aliphatic carbocycles. The van der Waals surface area contributed by atoms with Gasteiger partial charge in [0.05, 0.1) is 18.1 Å². The third kappa shape index (κ3) is 4.34. The SMILES string of the molecule is CCCC(C)C(=O)Nc1cc(S(=O)(=O)N2CCOCC2)ccc1C. The van der Waals surface area contributed by atoms with E-state index in [1.54, 1.807) is 18.2 Å². The number of amides is 1. The summed E-state index contributed by atoms with van der Waals surface area (Å²) < 4.78 is 32.1. The van der Waals surface area contributed by atoms with Crippen LogP contribution in [0.2, 0.25) is 0 Å². The second kappa shape index (κ2) is 8.09. The van der Waals surface area contributed by atoms with Crippen molar-refractivity contribution in [2.75, 3.05) is 31.6 Å². The van der Waals surface area contributed by atoms with Crippen LogP contribution in [0.25, 0.3) is 0 Å². The van der Waals surface area contributed by atoms with Crippen molar-refractivity contribution in [3.63, 3.8) is 0 Å². The Morgan fingerprint density at radius 3 is 2.62 bits per heavy atom. The maximum Gasteiger partial charge on any atom is 0.243 e. The summed E-state index contributed by atoms with van der Waals surface area (Å²) in [5.41, 5.74) is 1.39. The summed E-state index contributed by atoms with van der Waals surface area (Å²) in [5.74, 6) is -0.185. The highest BCUT2D eigenvalue weighted by molar-refractivity contribution is 7.89. The second-order valence-corrected chi connectivity index (χ2v) is 8.11. The summed E-state index contributed by atoms with van der Waals surface area (Å²) in [5, 5.41) is 2.86. The topological polar surface area (TPSA) is 75.7 Å². The zero-order chi connectivity index (χ0) is 17.7. The third-order valence-corrected chi connectivity index (χ3v) is 6.14. The smallest absolute Gasteiger partial charge is 0.243 e. The monoisotopic (exact) mass is 354 g/mol. The summed E-state index contributed by atoms with van der Waals surface area (Å²) in [6.07, 6.45) is 1.73. The molecule has 6 nitrogen and oxygen atoms in total. The number of carbonyl (C=O) groups excluding carboxylic acids is 1. The van der Waals surface area contributed by atoms with Gasteiger partial charge < -0.3 is 10.1 Å². The Kier molecular flexibility index (Phi) is 6.37. The van der Waals surface area contributed by atoms with Gasteiger partial charge >= 0.3 is 0 Å². The van der Waals surface area contributed by atoms with Gasteiger partial charge in [0.25, 0.3) is 0 Å². The highest BCUT2D eigenvalue weighted by atomic mass is 32.2. The Hall–Kier alpha value is -1.44. The maximum absolute atomic E-state index is 12.7. The average molecular weight is 354 g/mol. The number of sulfonamides is 1. The number of hydrogen-bond acceptors (Lipinski definition) is 4. The van der Waals surface area contributed by atoms with E-state index >= 15 is 0 Å². The van der Waals surface area contributed by atoms with Crippen LogP contribution < -0.4 is 5.32 Å². The van der Waals surface area contributed by atoms with Crippen molar-refractivity contribution < 1.29 is 17.9 Å². The number of benzene rings is 1. The van der Waals surface area contributed by atoms with Gasteiger partial charge in [0.15, 0.2) is 0 Å². The van der Waals surface area contributed by atoms with Crippen molar-refractivity contribution in [2.45, 2.75) is 38.5 Å². The first-order valence-electron chi connectivity index (χ1n) is 8.35. The number of anilines is 1. The van der Waals surface area contributed by atoms with E-state index in [2.05, 4.69) is 5.32 Å². The lowest BCUT2D eigenvalue weighted by molar-refractivity contribution is -0.119. The van der Waals surface area contributed by atoms with Crippen molar-refractivity contribution in [1.29, 1.82) is 0 Å². The molecule has 0 bridgehead atoms. The van der Waals surface area contributed by atoms with Gasteiger partial charge in [-0.25, -0.2) is 8.42 Å². The van der Waals surface area contributed by atoms with Crippen molar-refractivity contribution in [2.24, 2.45) is 5.92 Å². The minimum absolute atomic E-state index is 0.0825. The zero-order valence-corrected chi connectivity index (χ0v) is 15.4. The molecule has 0 radical (unpaired) electrons. The normalized spacial score (nSPS) is 17.5. The fourth-order valence-electron chi connectivity index (χ4n) is 2.65. The molecule has 0 spiro atoms. The largest absolute Gasteiger partial charge is 0.379 e. The summed E-state index contributed by atoms with van der Waals surface area (Å²) in [4.78, 5) is 12.4. The van der Waals surface area contributed by atoms with Crippen molar-refractivity contribution >= 4 is 21.6 Å². The standard InChI is InChI=1S/C17H26N2O4S/c1-4-5-14(3)17(20)18-16-12-15(7-6-13(16)2)24(21,22)19-8-10-23-11-9-19/h6-7,12,14H,4-5,8-11H2,1-3H3,(H,18,20). The summed E-state index contributed by atoms with van der Waals surface area (Å²) in [6, 6.07) is 4.87. The van der Waals surface area contributed by atoms with E-state index in [9.17, 15) is 13.2 Å². The predicted molar refractivity (Wildman–Crippen MR) is 93.5 cm³/mol. The molecule has 0 saturated carbocycles. The van der Waals surface area contributed by atoms with E-state index < -0.39 is 10.0 Å². The first-order valence-corrected chi connectivity index (χ1v) is 9.79. The Morgan fingerprint density at radius 2 is 2.00 bits per heavy atom. The number of aryl methyl sites for hydroxylation is 1. The molecular weight excluding hydrogens is 328 g/mol. The van der Waals surface area contributed by atoms with Gasteiger partial charge in [-0.15, -0.1) is 0 Å². The predicted octanol–water partition coefficient (Wildman–Crippen LogP) is 2.39. The number of nitrogens with one attached hydrogen (secondary N) is 1. The van der Waals surface area contributed by atoms with E-state index in [1.165, 1.54) is 4.31 Å². The molecule has 1 unspecified atom stereocenters. The average Bonchev–Trinajstić information content (AvgIpc) is 2.57. The molecule has 1 fully saturated rings. The van der Waals surface area contributed by atoms with Crippen molar-refractivity contribution in [3.05, 3.63) is 23.8 Å². The van der Waals surface area contributed by atoms with Crippen LogP contribution in [0, 0.1) is 12.8 Å². The van der Waals surface area contributed by atoms with Crippen molar-refractivity contribution in [3.8, 4) is 0 Å². The number of morpholine rings is 1. The summed E-state index contributed by atoms with van der Waals surface area (Å²) in [7, 11) is -3.57. The molecule has 1 aromatic carbocycles. The van der Waals surface area contributed by atoms with E-state index in [0.29, 0.717) is 32.0 Å². The van der Waals surface area contributed by atoms with E-state index in [0.717, 1.165) is 18.4 Å². The molecule has 24 heavy (non-hydrogen) atoms. The Bertz CT molecular complexity index is 682. The molecule has 1 atom stereocenters. The first-order chi connectivity index (χ1) is 11.4. The molecule has 134 valence electrons. The number of ether oxygens (including phenoxy) is 1. The molecule has 1 aromatic rings. The molecule has 1 aliphatic heterocycles. The summed E-state index contributed by atoms with van der Waals surface area (Å²) in [6.45, 7) is 7.28. The molecule has 1 amide bonds. The molecule has 7 heteroatoms. The Morgan fingerprint density at radius 1 is 1.33 bits per heavy atom. The summed E-state index contributed by atoms with van der Waals surface area (Å²) >= 11 is 0. The van der Waals surface area contributed by atoms with E-state index in [-0.39, 0.29) is 16.7 Å². The second-order valence-electron chi connectivity index (χ2n) is 6.17. The number of rotatable bonds is 6. The van der Waals surface area contributed by atoms with Crippen LogP contribution in [-0.2, 0) is 19.6 Å². The third-order valence-electron chi connectivity index (χ3n) is 4.24. The molecule has 0 aromatic heterocycles. The molecular formula is C17H26N2O4S. The number of carbonyl (C=O) groups is 1. The lowest BCUT2D eigenvalue weighted by Gasteiger charge is -2.26. The van der Waals surface area contributed by atoms with Gasteiger partial charge in [-0.2, -0.15) is 4.31 Å². The highest BCUT2D eigenvalue weighted by Gasteiger charge is 2.27. The molecule has 1 N–H and O–H groups in total. The fraction of sp³-hybridized carbons (Fsp3) is 0.588. The first kappa shape index (κ1) is 18.9. The van der Waals surface area contributed by atoms with E-state index in [1.807, 2.05) is 20.8 Å². The molecule has 1 heterocycles. The lowest BCUT2D eigenvalue weighted by Crippen LogP contribution is -2.40. The van der Waals surface area contributed by atoms with Crippen LogP contribution >= 0.6 is 0 Å². The van der Waals surface area contributed by atoms with Crippen LogP contribution in [0.3, 0.4) is 0 Å². The van der Waals surface area contributed by atoms with Crippen molar-refractivity contribution in [1.82, 2.24) is 4.31 Å². The number of nitrogens with zero attached hydrogens (tertiary/aromatic N) is 1. The van der Waals surface area contributed by atoms with Crippen LogP contribution in [0.5, 0.6) is 0 Å². The van der Waals surface area contributed by atoms with Crippen LogP contribution in [0.1, 0.15) is 32.3 Å². The molecule has 2 rings (SSSR count). The zero-order valence-electron chi connectivity index (χ0n) is 14.5. The van der Waals surface area contributed by atoms with Crippen LogP contribution in [0.15, 0.2) is 23.1 Å². The van der Waals surface area contributed by atoms with E-state index in [4.69, 9.17) is 4.74 Å². The van der Waals surface area contributed by atoms with Gasteiger partial charge in [-0.1, -0.05) is 26.3 Å².